The van der Waals surface area contributed by atoms with Gasteiger partial charge in [-0.1, -0.05) is 0 Å². The molecule has 1 atom stereocenters. The molecular weight excluding hydrogens is 291 g/mol. The van der Waals surface area contributed by atoms with Gasteiger partial charge in [0.25, 0.3) is 0 Å². The molecule has 0 spiro atoms. The third-order valence-corrected chi connectivity index (χ3v) is 4.01. The van der Waals surface area contributed by atoms with Crippen LogP contribution in [0.15, 0.2) is 5.38 Å². The second kappa shape index (κ2) is 6.53. The largest absolute Gasteiger partial charge is 0.434 e. The van der Waals surface area contributed by atoms with E-state index in [0.29, 0.717) is 24.4 Å². The maximum Gasteiger partial charge on any atom is 0.434 e. The fourth-order valence-electron chi connectivity index (χ4n) is 2.09. The van der Waals surface area contributed by atoms with Gasteiger partial charge < -0.3 is 10.6 Å². The molecule has 1 saturated heterocycles. The summed E-state index contributed by atoms with van der Waals surface area (Å²) in [5.41, 5.74) is -0.862. The zero-order chi connectivity index (χ0) is 14.6. The van der Waals surface area contributed by atoms with Crippen molar-refractivity contribution in [2.75, 3.05) is 13.1 Å². The average Bonchev–Trinajstić information content (AvgIpc) is 2.98. The summed E-state index contributed by atoms with van der Waals surface area (Å²) in [6, 6.07) is 0.228. The maximum atomic E-state index is 12.3. The van der Waals surface area contributed by atoms with Crippen LogP contribution in [0.1, 0.15) is 30.0 Å². The van der Waals surface area contributed by atoms with Crippen LogP contribution in [0.3, 0.4) is 0 Å². The zero-order valence-electron chi connectivity index (χ0n) is 10.8. The SMILES string of the molecule is O=C(CC1CCCN1)NCCc1nc(C(F)(F)F)cs1. The standard InChI is InChI=1S/C12H16F3N3OS/c13-12(14,15)9-7-20-11(18-9)3-5-17-10(19)6-8-2-1-4-16-8/h7-8,16H,1-6H2,(H,17,19). The molecule has 2 N–H and O–H groups in total. The second-order valence-electron chi connectivity index (χ2n) is 4.72. The molecule has 0 saturated carbocycles. The Bertz CT molecular complexity index is 455. The molecule has 0 bridgehead atoms. The molecule has 112 valence electrons. The second-order valence-corrected chi connectivity index (χ2v) is 5.66. The van der Waals surface area contributed by atoms with Crippen molar-refractivity contribution in [3.63, 3.8) is 0 Å². The number of amides is 1. The molecule has 1 aromatic heterocycles. The van der Waals surface area contributed by atoms with Gasteiger partial charge in [0.05, 0.1) is 5.01 Å². The summed E-state index contributed by atoms with van der Waals surface area (Å²) in [4.78, 5) is 15.1. The molecule has 0 radical (unpaired) electrons. The molecule has 4 nitrogen and oxygen atoms in total. The number of halogens is 3. The highest BCUT2D eigenvalue weighted by atomic mass is 32.1. The Morgan fingerprint density at radius 3 is 2.95 bits per heavy atom. The van der Waals surface area contributed by atoms with Gasteiger partial charge in [-0.3, -0.25) is 4.79 Å². The Hall–Kier alpha value is -1.15. The van der Waals surface area contributed by atoms with Gasteiger partial charge in [0.1, 0.15) is 0 Å². The Balaban J connectivity index is 1.70. The van der Waals surface area contributed by atoms with Crippen LogP contribution < -0.4 is 10.6 Å². The van der Waals surface area contributed by atoms with Crippen molar-refractivity contribution in [1.29, 1.82) is 0 Å². The minimum absolute atomic E-state index is 0.0722. The fraction of sp³-hybridized carbons (Fsp3) is 0.667. The summed E-state index contributed by atoms with van der Waals surface area (Å²) >= 11 is 0.966. The van der Waals surface area contributed by atoms with Crippen LogP contribution in [0, 0.1) is 0 Å². The normalized spacial score (nSPS) is 19.2. The summed E-state index contributed by atoms with van der Waals surface area (Å²) in [6.45, 7) is 1.26. The molecule has 8 heteroatoms. The monoisotopic (exact) mass is 307 g/mol. The van der Waals surface area contributed by atoms with Gasteiger partial charge in [0.15, 0.2) is 5.69 Å². The van der Waals surface area contributed by atoms with Gasteiger partial charge in [-0.2, -0.15) is 13.2 Å². The third kappa shape index (κ3) is 4.45. The van der Waals surface area contributed by atoms with E-state index in [1.54, 1.807) is 0 Å². The minimum Gasteiger partial charge on any atom is -0.356 e. The van der Waals surface area contributed by atoms with E-state index in [0.717, 1.165) is 36.1 Å². The molecule has 1 unspecified atom stereocenters. The molecule has 2 heterocycles. The molecule has 2 rings (SSSR count). The number of alkyl halides is 3. The van der Waals surface area contributed by atoms with E-state index in [4.69, 9.17) is 0 Å². The first-order valence-corrected chi connectivity index (χ1v) is 7.35. The predicted octanol–water partition coefficient (Wildman–Crippen LogP) is 1.96. The van der Waals surface area contributed by atoms with Gasteiger partial charge in [0.2, 0.25) is 5.91 Å². The molecule has 1 aromatic rings. The molecule has 1 amide bonds. The highest BCUT2D eigenvalue weighted by molar-refractivity contribution is 7.09. The number of rotatable bonds is 5. The number of nitrogens with one attached hydrogen (secondary N) is 2. The van der Waals surface area contributed by atoms with Gasteiger partial charge in [0, 0.05) is 30.8 Å². The number of aromatic nitrogens is 1. The Morgan fingerprint density at radius 2 is 2.35 bits per heavy atom. The lowest BCUT2D eigenvalue weighted by Crippen LogP contribution is -2.32. The highest BCUT2D eigenvalue weighted by Gasteiger charge is 2.33. The van der Waals surface area contributed by atoms with E-state index < -0.39 is 11.9 Å². The maximum absolute atomic E-state index is 12.3. The number of nitrogens with zero attached hydrogens (tertiary/aromatic N) is 1. The van der Waals surface area contributed by atoms with Crippen molar-refractivity contribution in [3.05, 3.63) is 16.1 Å². The Labute approximate surface area is 118 Å². The van der Waals surface area contributed by atoms with Crippen molar-refractivity contribution in [1.82, 2.24) is 15.6 Å². The lowest BCUT2D eigenvalue weighted by atomic mass is 10.1. The summed E-state index contributed by atoms with van der Waals surface area (Å²) < 4.78 is 37.0. The molecule has 1 fully saturated rings. The van der Waals surface area contributed by atoms with Crippen LogP contribution >= 0.6 is 11.3 Å². The van der Waals surface area contributed by atoms with Crippen LogP contribution in [0.25, 0.3) is 0 Å². The van der Waals surface area contributed by atoms with E-state index in [1.807, 2.05) is 0 Å². The Morgan fingerprint density at radius 1 is 1.55 bits per heavy atom. The lowest BCUT2D eigenvalue weighted by Gasteiger charge is -2.09. The molecule has 1 aliphatic heterocycles. The fourth-order valence-corrected chi connectivity index (χ4v) is 2.90. The van der Waals surface area contributed by atoms with Crippen molar-refractivity contribution < 1.29 is 18.0 Å². The van der Waals surface area contributed by atoms with E-state index in [9.17, 15) is 18.0 Å². The topological polar surface area (TPSA) is 54.0 Å². The molecule has 0 aliphatic carbocycles. The number of carbonyl (C=O) groups is 1. The van der Waals surface area contributed by atoms with Crippen LogP contribution in [0.5, 0.6) is 0 Å². The molecular formula is C12H16F3N3OS. The summed E-state index contributed by atoms with van der Waals surface area (Å²) in [7, 11) is 0. The van der Waals surface area contributed by atoms with Gasteiger partial charge in [-0.25, -0.2) is 4.98 Å². The first kappa shape index (κ1) is 15.2. The van der Waals surface area contributed by atoms with Crippen molar-refractivity contribution >= 4 is 17.2 Å². The first-order chi connectivity index (χ1) is 9.45. The van der Waals surface area contributed by atoms with E-state index in [2.05, 4.69) is 15.6 Å². The zero-order valence-corrected chi connectivity index (χ0v) is 11.6. The average molecular weight is 307 g/mol. The van der Waals surface area contributed by atoms with E-state index in [-0.39, 0.29) is 11.9 Å². The third-order valence-electron chi connectivity index (χ3n) is 3.10. The van der Waals surface area contributed by atoms with Crippen LogP contribution in [-0.2, 0) is 17.4 Å². The number of thiazole rings is 1. The highest BCUT2D eigenvalue weighted by Crippen LogP contribution is 2.29. The number of hydrogen-bond acceptors (Lipinski definition) is 4. The van der Waals surface area contributed by atoms with Crippen LogP contribution in [-0.4, -0.2) is 30.0 Å². The first-order valence-electron chi connectivity index (χ1n) is 6.47. The smallest absolute Gasteiger partial charge is 0.356 e. The Kier molecular flexibility index (Phi) is 4.98. The van der Waals surface area contributed by atoms with Crippen molar-refractivity contribution in [3.8, 4) is 0 Å². The minimum atomic E-state index is -4.40. The summed E-state index contributed by atoms with van der Waals surface area (Å²) in [5, 5.41) is 7.32. The van der Waals surface area contributed by atoms with Crippen LogP contribution in [0.2, 0.25) is 0 Å². The van der Waals surface area contributed by atoms with Crippen LogP contribution in [0.4, 0.5) is 13.2 Å². The number of carbonyl (C=O) groups excluding carboxylic acids is 1. The summed E-state index contributed by atoms with van der Waals surface area (Å²) in [5.74, 6) is -0.0722. The van der Waals surface area contributed by atoms with Gasteiger partial charge >= 0.3 is 6.18 Å². The number of hydrogen-bond donors (Lipinski definition) is 2. The summed E-state index contributed by atoms with van der Waals surface area (Å²) in [6.07, 6.45) is -1.57. The van der Waals surface area contributed by atoms with Gasteiger partial charge in [-0.15, -0.1) is 11.3 Å². The lowest BCUT2D eigenvalue weighted by molar-refractivity contribution is -0.140. The van der Waals surface area contributed by atoms with E-state index in [1.165, 1.54) is 0 Å². The van der Waals surface area contributed by atoms with E-state index >= 15 is 0 Å². The quantitative estimate of drug-likeness (QED) is 0.874. The van der Waals surface area contributed by atoms with Gasteiger partial charge in [-0.05, 0) is 19.4 Å². The molecule has 20 heavy (non-hydrogen) atoms. The molecule has 1 aliphatic rings. The predicted molar refractivity (Wildman–Crippen MR) is 69.5 cm³/mol. The molecule has 0 aromatic carbocycles. The van der Waals surface area contributed by atoms with Crippen molar-refractivity contribution in [2.45, 2.75) is 37.9 Å². The van der Waals surface area contributed by atoms with Crippen molar-refractivity contribution in [2.24, 2.45) is 0 Å².